The maximum atomic E-state index is 12.6. The maximum Gasteiger partial charge on any atom is 0.341 e. The lowest BCUT2D eigenvalue weighted by atomic mass is 10.1. The van der Waals surface area contributed by atoms with Gasteiger partial charge in [-0.1, -0.05) is 36.4 Å². The number of hydrogen-bond acceptors (Lipinski definition) is 5. The molecule has 5 nitrogen and oxygen atoms in total. The lowest BCUT2D eigenvalue weighted by Gasteiger charge is -2.13. The zero-order chi connectivity index (χ0) is 18.2. The number of rotatable bonds is 8. The molecule has 0 atom stereocenters. The molecular formula is C19H18O5S. The number of benzene rings is 2. The van der Waals surface area contributed by atoms with Crippen molar-refractivity contribution in [1.29, 1.82) is 0 Å². The number of ketones is 1. The van der Waals surface area contributed by atoms with Gasteiger partial charge in [0.15, 0.2) is 12.4 Å². The van der Waals surface area contributed by atoms with Crippen molar-refractivity contribution in [3.05, 3.63) is 59.7 Å². The van der Waals surface area contributed by atoms with E-state index in [1.165, 1.54) is 24.9 Å². The molecule has 1 N–H and O–H groups in total. The molecule has 0 unspecified atom stereocenters. The number of carboxylic acids is 1. The molecule has 130 valence electrons. The molecule has 0 aromatic heterocycles. The zero-order valence-corrected chi connectivity index (χ0v) is 14.7. The molecule has 0 spiro atoms. The van der Waals surface area contributed by atoms with E-state index in [9.17, 15) is 9.59 Å². The van der Waals surface area contributed by atoms with Crippen LogP contribution < -0.4 is 9.47 Å². The average Bonchev–Trinajstić information content (AvgIpc) is 2.64. The molecule has 2 aromatic carbocycles. The van der Waals surface area contributed by atoms with Crippen LogP contribution in [-0.4, -0.2) is 36.8 Å². The second-order valence-corrected chi connectivity index (χ2v) is 5.84. The highest BCUT2D eigenvalue weighted by atomic mass is 32.2. The Labute approximate surface area is 150 Å². The molecule has 2 rings (SSSR count). The van der Waals surface area contributed by atoms with Crippen LogP contribution in [0.2, 0.25) is 0 Å². The van der Waals surface area contributed by atoms with Crippen LogP contribution in [0.4, 0.5) is 0 Å². The summed E-state index contributed by atoms with van der Waals surface area (Å²) >= 11 is 1.43. The van der Waals surface area contributed by atoms with E-state index >= 15 is 0 Å². The first-order valence-electron chi connectivity index (χ1n) is 7.43. The van der Waals surface area contributed by atoms with Gasteiger partial charge in [0.2, 0.25) is 0 Å². The highest BCUT2D eigenvalue weighted by molar-refractivity contribution is 7.98. The predicted octanol–water partition coefficient (Wildman–Crippen LogP) is 3.78. The summed E-state index contributed by atoms with van der Waals surface area (Å²) in [7, 11) is 1.51. The number of carbonyl (C=O) groups excluding carboxylic acids is 1. The lowest BCUT2D eigenvalue weighted by Crippen LogP contribution is -2.12. The zero-order valence-electron chi connectivity index (χ0n) is 13.9. The largest absolute Gasteiger partial charge is 0.495 e. The highest BCUT2D eigenvalue weighted by Gasteiger charge is 2.16. The van der Waals surface area contributed by atoms with Gasteiger partial charge >= 0.3 is 5.97 Å². The second-order valence-electron chi connectivity index (χ2n) is 4.99. The number of ether oxygens (including phenoxy) is 2. The van der Waals surface area contributed by atoms with Gasteiger partial charge in [-0.25, -0.2) is 4.79 Å². The molecule has 0 aliphatic carbocycles. The molecule has 0 aliphatic rings. The van der Waals surface area contributed by atoms with Gasteiger partial charge in [-0.3, -0.25) is 4.79 Å². The molecule has 6 heteroatoms. The second kappa shape index (κ2) is 8.94. The topological polar surface area (TPSA) is 72.8 Å². The van der Waals surface area contributed by atoms with Crippen LogP contribution in [0.25, 0.3) is 6.08 Å². The number of hydrogen-bond donors (Lipinski definition) is 1. The van der Waals surface area contributed by atoms with E-state index in [1.54, 1.807) is 18.2 Å². The van der Waals surface area contributed by atoms with Crippen LogP contribution in [0.3, 0.4) is 0 Å². The van der Waals surface area contributed by atoms with Gasteiger partial charge in [-0.15, -0.1) is 11.8 Å². The molecule has 0 aliphatic heterocycles. The monoisotopic (exact) mass is 358 g/mol. The molecule has 2 aromatic rings. The predicted molar refractivity (Wildman–Crippen MR) is 97.7 cm³/mol. The minimum absolute atomic E-state index is 0.180. The first-order valence-corrected chi connectivity index (χ1v) is 8.65. The van der Waals surface area contributed by atoms with Crippen molar-refractivity contribution in [2.24, 2.45) is 0 Å². The van der Waals surface area contributed by atoms with Crippen LogP contribution in [0.15, 0.2) is 53.4 Å². The van der Waals surface area contributed by atoms with Gasteiger partial charge in [0.25, 0.3) is 0 Å². The van der Waals surface area contributed by atoms with Crippen molar-refractivity contribution in [2.75, 3.05) is 20.0 Å². The third-order valence-electron chi connectivity index (χ3n) is 3.33. The van der Waals surface area contributed by atoms with Crippen LogP contribution in [0, 0.1) is 0 Å². The Bertz CT molecular complexity index is 784. The van der Waals surface area contributed by atoms with Crippen LogP contribution in [0.5, 0.6) is 11.5 Å². The minimum atomic E-state index is -1.12. The molecule has 0 saturated heterocycles. The Balaban J connectivity index is 2.36. The van der Waals surface area contributed by atoms with E-state index in [2.05, 4.69) is 0 Å². The van der Waals surface area contributed by atoms with E-state index in [0.29, 0.717) is 11.3 Å². The standard InChI is InChI=1S/C19H18O5S/c1-23-17-11-16(24-12-19(21)22)14(10-18(17)25-2)15(20)9-8-13-6-4-3-5-7-13/h3-11H,12H2,1-2H3,(H,21,22)/b9-8+. The van der Waals surface area contributed by atoms with Crippen LogP contribution in [-0.2, 0) is 4.79 Å². The summed E-state index contributed by atoms with van der Waals surface area (Å²) in [4.78, 5) is 24.1. The van der Waals surface area contributed by atoms with Crippen molar-refractivity contribution in [3.63, 3.8) is 0 Å². The molecule has 0 amide bonds. The molecule has 0 heterocycles. The highest BCUT2D eigenvalue weighted by Crippen LogP contribution is 2.35. The molecule has 25 heavy (non-hydrogen) atoms. The van der Waals surface area contributed by atoms with Crippen molar-refractivity contribution in [2.45, 2.75) is 4.90 Å². The summed E-state index contributed by atoms with van der Waals surface area (Å²) in [6, 6.07) is 12.6. The number of allylic oxidation sites excluding steroid dienone is 1. The van der Waals surface area contributed by atoms with Crippen molar-refractivity contribution >= 4 is 29.6 Å². The van der Waals surface area contributed by atoms with Crippen LogP contribution in [0.1, 0.15) is 15.9 Å². The fourth-order valence-corrected chi connectivity index (χ4v) is 2.72. The first-order chi connectivity index (χ1) is 12.0. The summed E-state index contributed by atoms with van der Waals surface area (Å²) in [5, 5.41) is 8.82. The third-order valence-corrected chi connectivity index (χ3v) is 4.09. The quantitative estimate of drug-likeness (QED) is 0.440. The van der Waals surface area contributed by atoms with Crippen LogP contribution >= 0.6 is 11.8 Å². The van der Waals surface area contributed by atoms with E-state index < -0.39 is 12.6 Å². The molecule has 0 fully saturated rings. The Morgan fingerprint density at radius 1 is 1.16 bits per heavy atom. The number of thioether (sulfide) groups is 1. The smallest absolute Gasteiger partial charge is 0.341 e. The van der Waals surface area contributed by atoms with E-state index in [-0.39, 0.29) is 11.5 Å². The summed E-state index contributed by atoms with van der Waals surface area (Å²) in [5.74, 6) is -0.690. The van der Waals surface area contributed by atoms with E-state index in [4.69, 9.17) is 14.6 Å². The third kappa shape index (κ3) is 5.12. The molecule has 0 saturated carbocycles. The van der Waals surface area contributed by atoms with Gasteiger partial charge in [0, 0.05) is 6.07 Å². The number of carbonyl (C=O) groups is 2. The summed E-state index contributed by atoms with van der Waals surface area (Å²) < 4.78 is 10.5. The Kier molecular flexibility index (Phi) is 6.65. The van der Waals surface area contributed by atoms with Gasteiger partial charge in [-0.05, 0) is 24.0 Å². The normalized spacial score (nSPS) is 10.6. The molecule has 0 radical (unpaired) electrons. The number of aliphatic carboxylic acids is 1. The van der Waals surface area contributed by atoms with Gasteiger partial charge < -0.3 is 14.6 Å². The van der Waals surface area contributed by atoms with E-state index in [0.717, 1.165) is 10.5 Å². The van der Waals surface area contributed by atoms with Crippen molar-refractivity contribution in [3.8, 4) is 11.5 Å². The lowest BCUT2D eigenvalue weighted by molar-refractivity contribution is -0.139. The summed E-state index contributed by atoms with van der Waals surface area (Å²) in [6.45, 7) is -0.537. The van der Waals surface area contributed by atoms with Gasteiger partial charge in [0.1, 0.15) is 11.5 Å². The SMILES string of the molecule is COc1cc(OCC(=O)O)c(C(=O)/C=C/c2ccccc2)cc1SC. The maximum absolute atomic E-state index is 12.6. The van der Waals surface area contributed by atoms with E-state index in [1.807, 2.05) is 36.6 Å². The number of carboxylic acid groups (broad SMARTS) is 1. The fourth-order valence-electron chi connectivity index (χ4n) is 2.14. The summed E-state index contributed by atoms with van der Waals surface area (Å²) in [5.41, 5.74) is 1.18. The Hall–Kier alpha value is -2.73. The number of methoxy groups -OCH3 is 1. The molecular weight excluding hydrogens is 340 g/mol. The fraction of sp³-hybridized carbons (Fsp3) is 0.158. The van der Waals surface area contributed by atoms with Gasteiger partial charge in [-0.2, -0.15) is 0 Å². The Morgan fingerprint density at radius 2 is 1.88 bits per heavy atom. The Morgan fingerprint density at radius 3 is 2.48 bits per heavy atom. The molecule has 0 bridgehead atoms. The summed E-state index contributed by atoms with van der Waals surface area (Å²) in [6.07, 6.45) is 5.00. The van der Waals surface area contributed by atoms with Crippen molar-refractivity contribution < 1.29 is 24.2 Å². The minimum Gasteiger partial charge on any atom is -0.495 e. The average molecular weight is 358 g/mol. The van der Waals surface area contributed by atoms with Gasteiger partial charge in [0.05, 0.1) is 17.6 Å². The van der Waals surface area contributed by atoms with Crippen molar-refractivity contribution in [1.82, 2.24) is 0 Å². The first kappa shape index (κ1) is 18.6.